The lowest BCUT2D eigenvalue weighted by Gasteiger charge is -2.26. The van der Waals surface area contributed by atoms with Crippen molar-refractivity contribution >= 4 is 23.1 Å². The van der Waals surface area contributed by atoms with E-state index in [-0.39, 0.29) is 18.6 Å². The molecule has 5 nitrogen and oxygen atoms in total. The fraction of sp³-hybridized carbons (Fsp3) is 0.818. The lowest BCUT2D eigenvalue weighted by molar-refractivity contribution is -0.138. The quantitative estimate of drug-likeness (QED) is 0.486. The summed E-state index contributed by atoms with van der Waals surface area (Å²) in [6.07, 6.45) is 0.539. The zero-order valence-corrected chi connectivity index (χ0v) is 11.6. The standard InChI is InChI=1S/C11H22N2O3S/c1-9(2)13(5-4-10(12)17)11(14)8-16-7-6-15-3/h9H,4-8H2,1-3H3,(H2,12,17). The molecule has 2 N–H and O–H groups in total. The van der Waals surface area contributed by atoms with E-state index in [4.69, 9.17) is 27.4 Å². The molecule has 0 fully saturated rings. The molecule has 0 heterocycles. The summed E-state index contributed by atoms with van der Waals surface area (Å²) >= 11 is 4.80. The maximum absolute atomic E-state index is 11.8. The third-order valence-corrected chi connectivity index (χ3v) is 2.40. The Labute approximate surface area is 108 Å². The van der Waals surface area contributed by atoms with Crippen molar-refractivity contribution in [2.45, 2.75) is 26.3 Å². The van der Waals surface area contributed by atoms with Gasteiger partial charge in [-0.1, -0.05) is 12.2 Å². The van der Waals surface area contributed by atoms with Crippen molar-refractivity contribution in [3.8, 4) is 0 Å². The number of hydrogen-bond acceptors (Lipinski definition) is 4. The van der Waals surface area contributed by atoms with Crippen molar-refractivity contribution in [2.24, 2.45) is 5.73 Å². The van der Waals surface area contributed by atoms with Crippen molar-refractivity contribution in [3.63, 3.8) is 0 Å². The fourth-order valence-electron chi connectivity index (χ4n) is 1.29. The molecule has 0 aliphatic carbocycles. The van der Waals surface area contributed by atoms with Crippen LogP contribution in [0.25, 0.3) is 0 Å². The SMILES string of the molecule is COCCOCC(=O)N(CCC(N)=S)C(C)C. The van der Waals surface area contributed by atoms with E-state index in [0.29, 0.717) is 31.2 Å². The average molecular weight is 262 g/mol. The number of nitrogens with zero attached hydrogens (tertiary/aromatic N) is 1. The van der Waals surface area contributed by atoms with Gasteiger partial charge in [0, 0.05) is 26.1 Å². The summed E-state index contributed by atoms with van der Waals surface area (Å²) in [7, 11) is 1.59. The zero-order chi connectivity index (χ0) is 13.3. The number of thiocarbonyl (C=S) groups is 1. The van der Waals surface area contributed by atoms with Gasteiger partial charge in [0.1, 0.15) is 6.61 Å². The minimum Gasteiger partial charge on any atom is -0.393 e. The van der Waals surface area contributed by atoms with Crippen LogP contribution >= 0.6 is 12.2 Å². The first-order chi connectivity index (χ1) is 7.99. The van der Waals surface area contributed by atoms with Crippen molar-refractivity contribution in [3.05, 3.63) is 0 Å². The van der Waals surface area contributed by atoms with E-state index in [1.54, 1.807) is 12.0 Å². The number of rotatable bonds is 9. The Hall–Kier alpha value is -0.720. The van der Waals surface area contributed by atoms with Crippen molar-refractivity contribution in [1.82, 2.24) is 4.90 Å². The summed E-state index contributed by atoms with van der Waals surface area (Å²) in [6.45, 7) is 5.42. The van der Waals surface area contributed by atoms with Crippen LogP contribution in [0.1, 0.15) is 20.3 Å². The van der Waals surface area contributed by atoms with Gasteiger partial charge >= 0.3 is 0 Å². The molecule has 0 radical (unpaired) electrons. The second-order valence-electron chi connectivity index (χ2n) is 3.94. The maximum Gasteiger partial charge on any atom is 0.248 e. The van der Waals surface area contributed by atoms with Gasteiger partial charge < -0.3 is 20.1 Å². The molecule has 0 spiro atoms. The van der Waals surface area contributed by atoms with Crippen LogP contribution in [-0.2, 0) is 14.3 Å². The van der Waals surface area contributed by atoms with Gasteiger partial charge in [-0.25, -0.2) is 0 Å². The number of hydrogen-bond donors (Lipinski definition) is 1. The smallest absolute Gasteiger partial charge is 0.248 e. The van der Waals surface area contributed by atoms with E-state index >= 15 is 0 Å². The number of amides is 1. The molecule has 17 heavy (non-hydrogen) atoms. The summed E-state index contributed by atoms with van der Waals surface area (Å²) in [5.41, 5.74) is 5.43. The lowest BCUT2D eigenvalue weighted by Crippen LogP contribution is -2.41. The number of methoxy groups -OCH3 is 1. The van der Waals surface area contributed by atoms with Gasteiger partial charge in [-0.3, -0.25) is 4.79 Å². The Bertz CT molecular complexity index is 247. The molecule has 100 valence electrons. The first-order valence-electron chi connectivity index (χ1n) is 5.63. The molecular formula is C11H22N2O3S. The van der Waals surface area contributed by atoms with Crippen LogP contribution in [-0.4, -0.2) is 55.3 Å². The zero-order valence-electron chi connectivity index (χ0n) is 10.8. The lowest BCUT2D eigenvalue weighted by atomic mass is 10.3. The highest BCUT2D eigenvalue weighted by atomic mass is 32.1. The molecule has 0 aliphatic rings. The second kappa shape index (κ2) is 9.32. The van der Waals surface area contributed by atoms with Gasteiger partial charge in [0.15, 0.2) is 0 Å². The first-order valence-corrected chi connectivity index (χ1v) is 6.04. The van der Waals surface area contributed by atoms with Gasteiger partial charge in [-0.05, 0) is 13.8 Å². The molecule has 0 bridgehead atoms. The van der Waals surface area contributed by atoms with Gasteiger partial charge in [0.25, 0.3) is 0 Å². The highest BCUT2D eigenvalue weighted by Crippen LogP contribution is 2.01. The molecular weight excluding hydrogens is 240 g/mol. The van der Waals surface area contributed by atoms with Crippen molar-refractivity contribution < 1.29 is 14.3 Å². The van der Waals surface area contributed by atoms with E-state index in [1.807, 2.05) is 13.8 Å². The average Bonchev–Trinajstić information content (AvgIpc) is 2.23. The molecule has 0 aliphatic heterocycles. The Morgan fingerprint density at radius 2 is 2.06 bits per heavy atom. The molecule has 1 amide bonds. The minimum absolute atomic E-state index is 0.0487. The van der Waals surface area contributed by atoms with Crippen molar-refractivity contribution in [2.75, 3.05) is 33.5 Å². The number of ether oxygens (including phenoxy) is 2. The number of carbonyl (C=O) groups is 1. The van der Waals surface area contributed by atoms with Crippen LogP contribution < -0.4 is 5.73 Å². The van der Waals surface area contributed by atoms with Crippen LogP contribution in [0.4, 0.5) is 0 Å². The van der Waals surface area contributed by atoms with Crippen LogP contribution in [0.5, 0.6) is 0 Å². The predicted molar refractivity (Wildman–Crippen MR) is 70.9 cm³/mol. The first kappa shape index (κ1) is 16.3. The molecule has 0 aromatic rings. The summed E-state index contributed by atoms with van der Waals surface area (Å²) in [4.78, 5) is 14.0. The highest BCUT2D eigenvalue weighted by molar-refractivity contribution is 7.80. The summed E-state index contributed by atoms with van der Waals surface area (Å²) < 4.78 is 10.0. The fourth-order valence-corrected chi connectivity index (χ4v) is 1.38. The molecule has 6 heteroatoms. The molecule has 0 rings (SSSR count). The van der Waals surface area contributed by atoms with Crippen LogP contribution in [0.3, 0.4) is 0 Å². The summed E-state index contributed by atoms with van der Waals surface area (Å²) in [5, 5.41) is 0. The molecule has 0 aromatic heterocycles. The largest absolute Gasteiger partial charge is 0.393 e. The normalized spacial score (nSPS) is 10.6. The van der Waals surface area contributed by atoms with Crippen molar-refractivity contribution in [1.29, 1.82) is 0 Å². The highest BCUT2D eigenvalue weighted by Gasteiger charge is 2.16. The summed E-state index contributed by atoms with van der Waals surface area (Å²) in [6, 6.07) is 0.114. The van der Waals surface area contributed by atoms with E-state index in [2.05, 4.69) is 0 Å². The third kappa shape index (κ3) is 8.06. The number of nitrogens with two attached hydrogens (primary N) is 1. The van der Waals surface area contributed by atoms with E-state index < -0.39 is 0 Å². The summed E-state index contributed by atoms with van der Waals surface area (Å²) in [5.74, 6) is -0.0487. The maximum atomic E-state index is 11.8. The molecule has 0 aromatic carbocycles. The Balaban J connectivity index is 4.02. The Morgan fingerprint density at radius 1 is 1.41 bits per heavy atom. The van der Waals surface area contributed by atoms with Gasteiger partial charge in [-0.2, -0.15) is 0 Å². The molecule has 0 unspecified atom stereocenters. The Kier molecular flexibility index (Phi) is 8.93. The monoisotopic (exact) mass is 262 g/mol. The Morgan fingerprint density at radius 3 is 2.53 bits per heavy atom. The van der Waals surface area contributed by atoms with E-state index in [9.17, 15) is 4.79 Å². The predicted octanol–water partition coefficient (Wildman–Crippen LogP) is 0.563. The van der Waals surface area contributed by atoms with Gasteiger partial charge in [-0.15, -0.1) is 0 Å². The third-order valence-electron chi connectivity index (χ3n) is 2.20. The minimum atomic E-state index is -0.0487. The molecule has 0 saturated carbocycles. The van der Waals surface area contributed by atoms with Gasteiger partial charge in [0.2, 0.25) is 5.91 Å². The van der Waals surface area contributed by atoms with E-state index in [0.717, 1.165) is 0 Å². The number of carbonyl (C=O) groups excluding carboxylic acids is 1. The van der Waals surface area contributed by atoms with Crippen LogP contribution in [0.15, 0.2) is 0 Å². The second-order valence-corrected chi connectivity index (χ2v) is 4.47. The molecule has 0 saturated heterocycles. The topological polar surface area (TPSA) is 64.8 Å². The van der Waals surface area contributed by atoms with Gasteiger partial charge in [0.05, 0.1) is 18.2 Å². The van der Waals surface area contributed by atoms with E-state index in [1.165, 1.54) is 0 Å². The van der Waals surface area contributed by atoms with Crippen LogP contribution in [0, 0.1) is 0 Å². The molecule has 0 atom stereocenters. The van der Waals surface area contributed by atoms with Crippen LogP contribution in [0.2, 0.25) is 0 Å².